The summed E-state index contributed by atoms with van der Waals surface area (Å²) in [6.07, 6.45) is 4.66. The molecule has 2 fully saturated rings. The highest BCUT2D eigenvalue weighted by molar-refractivity contribution is 7.99. The summed E-state index contributed by atoms with van der Waals surface area (Å²) in [7, 11) is 4.22. The summed E-state index contributed by atoms with van der Waals surface area (Å²) in [4.78, 5) is 39.0. The molecular formula is C27H36N8OS. The molecule has 1 N–H and O–H groups in total. The van der Waals surface area contributed by atoms with Gasteiger partial charge in [-0.3, -0.25) is 14.7 Å². The van der Waals surface area contributed by atoms with E-state index in [0.29, 0.717) is 41.7 Å². The Kier molecular flexibility index (Phi) is 8.17. The van der Waals surface area contributed by atoms with Crippen LogP contribution in [-0.4, -0.2) is 96.3 Å². The molecule has 0 radical (unpaired) electrons. The molecule has 1 aliphatic carbocycles. The lowest BCUT2D eigenvalue weighted by atomic mass is 10.1. The van der Waals surface area contributed by atoms with Crippen LogP contribution >= 0.6 is 11.8 Å². The fraction of sp³-hybridized carbons (Fsp3) is 0.519. The first kappa shape index (κ1) is 25.8. The predicted molar refractivity (Wildman–Crippen MR) is 149 cm³/mol. The Balaban J connectivity index is 1.29. The third kappa shape index (κ3) is 7.37. The van der Waals surface area contributed by atoms with Crippen LogP contribution < -0.4 is 10.2 Å². The fourth-order valence-electron chi connectivity index (χ4n) is 4.36. The third-order valence-electron chi connectivity index (χ3n) is 6.79. The highest BCUT2D eigenvalue weighted by Gasteiger charge is 2.29. The van der Waals surface area contributed by atoms with Crippen LogP contribution in [-0.2, 0) is 11.2 Å². The molecular weight excluding hydrogens is 484 g/mol. The minimum Gasteiger partial charge on any atom is -0.338 e. The molecule has 10 heteroatoms. The second kappa shape index (κ2) is 11.7. The number of aromatic nitrogens is 3. The van der Waals surface area contributed by atoms with Crippen LogP contribution in [0.5, 0.6) is 0 Å². The van der Waals surface area contributed by atoms with Gasteiger partial charge < -0.3 is 15.1 Å². The minimum atomic E-state index is 0.293. The van der Waals surface area contributed by atoms with E-state index in [1.165, 1.54) is 17.3 Å². The van der Waals surface area contributed by atoms with Crippen LogP contribution in [0.4, 0.5) is 11.9 Å². The van der Waals surface area contributed by atoms with Crippen molar-refractivity contribution in [3.05, 3.63) is 41.5 Å². The highest BCUT2D eigenvalue weighted by atomic mass is 32.2. The number of ketones is 1. The average Bonchev–Trinajstić information content (AvgIpc) is 3.66. The van der Waals surface area contributed by atoms with Gasteiger partial charge in [-0.1, -0.05) is 12.1 Å². The zero-order chi connectivity index (χ0) is 25.8. The lowest BCUT2D eigenvalue weighted by Crippen LogP contribution is -2.48. The van der Waals surface area contributed by atoms with Gasteiger partial charge in [-0.05, 0) is 75.0 Å². The second-order valence-corrected chi connectivity index (χ2v) is 11.4. The van der Waals surface area contributed by atoms with Crippen LogP contribution in [0.2, 0.25) is 0 Å². The average molecular weight is 521 g/mol. The summed E-state index contributed by atoms with van der Waals surface area (Å²) in [5.41, 5.74) is 2.27. The van der Waals surface area contributed by atoms with Gasteiger partial charge in [-0.15, -0.1) is 0 Å². The van der Waals surface area contributed by atoms with Gasteiger partial charge in [-0.25, -0.2) is 0 Å². The molecule has 37 heavy (non-hydrogen) atoms. The van der Waals surface area contributed by atoms with Crippen molar-refractivity contribution in [2.24, 2.45) is 10.9 Å². The zero-order valence-electron chi connectivity index (χ0n) is 22.0. The first-order valence-electron chi connectivity index (χ1n) is 13.1. The molecule has 0 spiro atoms. The van der Waals surface area contributed by atoms with Gasteiger partial charge >= 0.3 is 0 Å². The van der Waals surface area contributed by atoms with E-state index >= 15 is 0 Å². The Morgan fingerprint density at radius 2 is 1.84 bits per heavy atom. The van der Waals surface area contributed by atoms with Gasteiger partial charge in [0.05, 0.1) is 6.54 Å². The first-order valence-corrected chi connectivity index (χ1v) is 13.9. The van der Waals surface area contributed by atoms with Crippen LogP contribution in [0.1, 0.15) is 25.3 Å². The maximum Gasteiger partial charge on any atom is 0.234 e. The van der Waals surface area contributed by atoms with Crippen molar-refractivity contribution in [2.45, 2.75) is 36.2 Å². The van der Waals surface area contributed by atoms with E-state index in [2.05, 4.69) is 46.0 Å². The third-order valence-corrected chi connectivity index (χ3v) is 7.66. The number of aliphatic imine (C=N–C) groups is 1. The number of Topliss-reactive ketones (excluding diaryl/α,β-unsaturated/α-hetero) is 1. The van der Waals surface area contributed by atoms with Crippen LogP contribution in [0.3, 0.4) is 0 Å². The molecule has 2 aromatic rings. The van der Waals surface area contributed by atoms with Crippen molar-refractivity contribution in [3.63, 3.8) is 0 Å². The molecule has 0 bridgehead atoms. The van der Waals surface area contributed by atoms with Crippen molar-refractivity contribution in [1.82, 2.24) is 24.8 Å². The molecule has 1 saturated heterocycles. The van der Waals surface area contributed by atoms with Gasteiger partial charge in [0.1, 0.15) is 11.6 Å². The number of carbonyl (C=O) groups excluding carboxylic acids is 1. The predicted octanol–water partition coefficient (Wildman–Crippen LogP) is 3.00. The van der Waals surface area contributed by atoms with Gasteiger partial charge in [-0.2, -0.15) is 15.0 Å². The second-order valence-electron chi connectivity index (χ2n) is 10.4. The lowest BCUT2D eigenvalue weighted by molar-refractivity contribution is -0.119. The number of hydrogen-bond acceptors (Lipinski definition) is 10. The first-order chi connectivity index (χ1) is 17.9. The maximum absolute atomic E-state index is 12.2. The Morgan fingerprint density at radius 1 is 1.08 bits per heavy atom. The molecule has 3 aliphatic rings. The summed E-state index contributed by atoms with van der Waals surface area (Å²) in [6.45, 7) is 8.63. The SMILES string of the molecule is CC1=CC(Nc2nc(Sc3ccc(CC(=O)C4CC4)cc3)nc(N3CCN(CCN(C)C)CC3)n2)=NC1. The fourth-order valence-corrected chi connectivity index (χ4v) is 5.10. The molecule has 0 atom stereocenters. The number of nitrogens with zero attached hydrogens (tertiary/aromatic N) is 7. The van der Waals surface area contributed by atoms with E-state index in [-0.39, 0.29) is 0 Å². The quantitative estimate of drug-likeness (QED) is 0.508. The molecule has 3 heterocycles. The number of nitrogens with one attached hydrogen (secondary N) is 1. The number of amidine groups is 1. The molecule has 0 unspecified atom stereocenters. The number of anilines is 2. The number of rotatable bonds is 10. The van der Waals surface area contributed by atoms with Gasteiger partial charge in [0.2, 0.25) is 11.9 Å². The summed E-state index contributed by atoms with van der Waals surface area (Å²) >= 11 is 1.51. The Bertz CT molecular complexity index is 1170. The van der Waals surface area contributed by atoms with E-state index in [1.807, 2.05) is 30.3 Å². The van der Waals surface area contributed by atoms with Crippen LogP contribution in [0.25, 0.3) is 0 Å². The number of piperazine rings is 1. The van der Waals surface area contributed by atoms with E-state index in [0.717, 1.165) is 68.4 Å². The van der Waals surface area contributed by atoms with Crippen molar-refractivity contribution in [1.29, 1.82) is 0 Å². The summed E-state index contributed by atoms with van der Waals surface area (Å²) in [5, 5.41) is 3.93. The Labute approximate surface area is 223 Å². The van der Waals surface area contributed by atoms with E-state index in [1.54, 1.807) is 0 Å². The zero-order valence-corrected chi connectivity index (χ0v) is 22.8. The van der Waals surface area contributed by atoms with Crippen LogP contribution in [0, 0.1) is 5.92 Å². The Morgan fingerprint density at radius 3 is 2.49 bits per heavy atom. The van der Waals surface area contributed by atoms with E-state index < -0.39 is 0 Å². The van der Waals surface area contributed by atoms with E-state index in [4.69, 9.17) is 15.0 Å². The molecule has 9 nitrogen and oxygen atoms in total. The highest BCUT2D eigenvalue weighted by Crippen LogP contribution is 2.32. The monoisotopic (exact) mass is 520 g/mol. The molecule has 1 aromatic carbocycles. The van der Waals surface area contributed by atoms with Gasteiger partial charge in [0.15, 0.2) is 5.16 Å². The topological polar surface area (TPSA) is 89.9 Å². The largest absolute Gasteiger partial charge is 0.338 e. The van der Waals surface area contributed by atoms with Gasteiger partial charge in [0, 0.05) is 56.5 Å². The smallest absolute Gasteiger partial charge is 0.234 e. The van der Waals surface area contributed by atoms with Crippen molar-refractivity contribution in [2.75, 3.05) is 70.1 Å². The molecule has 1 aromatic heterocycles. The minimum absolute atomic E-state index is 0.293. The van der Waals surface area contributed by atoms with Crippen molar-refractivity contribution < 1.29 is 4.79 Å². The standard InChI is InChI=1S/C27H36N8OS/c1-19-16-24(28-18-19)29-25-30-26(35-14-12-34(13-15-35)11-10-33(2)3)32-27(31-25)37-22-8-4-20(5-9-22)17-23(36)21-6-7-21/h4-5,8-9,16,21H,6-7,10-15,17-18H2,1-3H3,(H,28,29,30,31,32). The summed E-state index contributed by atoms with van der Waals surface area (Å²) in [6, 6.07) is 8.18. The van der Waals surface area contributed by atoms with Crippen molar-refractivity contribution in [3.8, 4) is 0 Å². The number of likely N-dealkylation sites (N-methyl/N-ethyl adjacent to an activating group) is 1. The number of carbonyl (C=O) groups is 1. The van der Waals surface area contributed by atoms with Gasteiger partial charge in [0.25, 0.3) is 0 Å². The normalized spacial score (nSPS) is 18.2. The maximum atomic E-state index is 12.2. The molecule has 5 rings (SSSR count). The number of benzene rings is 1. The lowest BCUT2D eigenvalue weighted by Gasteiger charge is -2.35. The molecule has 196 valence electrons. The molecule has 1 saturated carbocycles. The van der Waals surface area contributed by atoms with E-state index in [9.17, 15) is 4.79 Å². The summed E-state index contributed by atoms with van der Waals surface area (Å²) < 4.78 is 0. The summed E-state index contributed by atoms with van der Waals surface area (Å²) in [5.74, 6) is 2.64. The Hall–Kier alpha value is -2.82. The van der Waals surface area contributed by atoms with Crippen molar-refractivity contribution >= 4 is 35.3 Å². The molecule has 2 aliphatic heterocycles. The van der Waals surface area contributed by atoms with Crippen LogP contribution in [0.15, 0.2) is 51.0 Å². The molecule has 0 amide bonds. The number of hydrogen-bond donors (Lipinski definition) is 1.